The average molecular weight is 359 g/mol. The predicted molar refractivity (Wildman–Crippen MR) is 108 cm³/mol. The number of hydrogen-bond acceptors (Lipinski definition) is 3. The number of hydrogen-bond donors (Lipinski definition) is 2. The van der Waals surface area contributed by atoms with Gasteiger partial charge in [0.25, 0.3) is 0 Å². The third-order valence-electron chi connectivity index (χ3n) is 5.98. The van der Waals surface area contributed by atoms with Crippen molar-refractivity contribution in [2.45, 2.75) is 51.1 Å². The Kier molecular flexibility index (Phi) is 6.92. The van der Waals surface area contributed by atoms with E-state index in [0.29, 0.717) is 0 Å². The van der Waals surface area contributed by atoms with E-state index < -0.39 is 0 Å². The van der Waals surface area contributed by atoms with E-state index in [9.17, 15) is 0 Å². The van der Waals surface area contributed by atoms with E-state index in [1.807, 2.05) is 7.05 Å². The molecule has 2 fully saturated rings. The van der Waals surface area contributed by atoms with E-state index in [-0.39, 0.29) is 5.54 Å². The van der Waals surface area contributed by atoms with Crippen molar-refractivity contribution < 1.29 is 4.74 Å². The Morgan fingerprint density at radius 1 is 1.12 bits per heavy atom. The maximum Gasteiger partial charge on any atom is 0.191 e. The Hall–Kier alpha value is -1.59. The minimum absolute atomic E-state index is 0.252. The lowest BCUT2D eigenvalue weighted by atomic mass is 9.80. The summed E-state index contributed by atoms with van der Waals surface area (Å²) in [6.07, 6.45) is 6.57. The standard InChI is InChI=1S/C21H34N4O/c1-18-8-4-5-9-19(18)16-23-20(22-2)24-17-21(10-6-3-7-11-21)25-12-14-26-15-13-25/h4-5,8-9H,3,6-7,10-17H2,1-2H3,(H2,22,23,24). The van der Waals surface area contributed by atoms with E-state index in [0.717, 1.165) is 45.4 Å². The molecule has 1 aliphatic heterocycles. The lowest BCUT2D eigenvalue weighted by Gasteiger charge is -2.48. The van der Waals surface area contributed by atoms with Crippen LogP contribution in [-0.2, 0) is 11.3 Å². The first kappa shape index (κ1) is 19.2. The number of aliphatic imine (C=N–C) groups is 1. The van der Waals surface area contributed by atoms with Crippen molar-refractivity contribution in [3.63, 3.8) is 0 Å². The summed E-state index contributed by atoms with van der Waals surface area (Å²) < 4.78 is 5.58. The van der Waals surface area contributed by atoms with Gasteiger partial charge >= 0.3 is 0 Å². The molecule has 1 saturated heterocycles. The van der Waals surface area contributed by atoms with Crippen LogP contribution in [0.5, 0.6) is 0 Å². The summed E-state index contributed by atoms with van der Waals surface area (Å²) in [7, 11) is 1.86. The second-order valence-electron chi connectivity index (χ2n) is 7.59. The molecule has 3 rings (SSSR count). The van der Waals surface area contributed by atoms with Crippen LogP contribution in [0.15, 0.2) is 29.3 Å². The molecule has 1 heterocycles. The summed E-state index contributed by atoms with van der Waals surface area (Å²) in [5.74, 6) is 0.895. The maximum atomic E-state index is 5.58. The molecule has 0 bridgehead atoms. The second-order valence-corrected chi connectivity index (χ2v) is 7.59. The largest absolute Gasteiger partial charge is 0.379 e. The Morgan fingerprint density at radius 2 is 1.85 bits per heavy atom. The SMILES string of the molecule is CN=C(NCc1ccccc1C)NCC1(N2CCOCC2)CCCCC1. The third-order valence-corrected chi connectivity index (χ3v) is 5.98. The van der Waals surface area contributed by atoms with Crippen LogP contribution >= 0.6 is 0 Å². The number of morpholine rings is 1. The Labute approximate surface area is 158 Å². The molecule has 26 heavy (non-hydrogen) atoms. The predicted octanol–water partition coefficient (Wildman–Crippen LogP) is 2.70. The summed E-state index contributed by atoms with van der Waals surface area (Å²) in [4.78, 5) is 7.11. The van der Waals surface area contributed by atoms with Crippen LogP contribution in [0.2, 0.25) is 0 Å². The van der Waals surface area contributed by atoms with Crippen LogP contribution in [-0.4, -0.2) is 56.3 Å². The maximum absolute atomic E-state index is 5.58. The first-order valence-electron chi connectivity index (χ1n) is 10.1. The van der Waals surface area contributed by atoms with Crippen molar-refractivity contribution in [1.29, 1.82) is 0 Å². The molecule has 0 radical (unpaired) electrons. The first-order chi connectivity index (χ1) is 12.7. The van der Waals surface area contributed by atoms with Gasteiger partial charge in [-0.05, 0) is 30.9 Å². The zero-order valence-corrected chi connectivity index (χ0v) is 16.4. The Morgan fingerprint density at radius 3 is 2.54 bits per heavy atom. The summed E-state index contributed by atoms with van der Waals surface area (Å²) >= 11 is 0. The fourth-order valence-electron chi connectivity index (χ4n) is 4.31. The van der Waals surface area contributed by atoms with Crippen LogP contribution in [0.1, 0.15) is 43.2 Å². The van der Waals surface area contributed by atoms with Gasteiger partial charge in [-0.1, -0.05) is 43.5 Å². The van der Waals surface area contributed by atoms with Gasteiger partial charge in [-0.15, -0.1) is 0 Å². The smallest absolute Gasteiger partial charge is 0.191 e. The van der Waals surface area contributed by atoms with Crippen LogP contribution in [0.25, 0.3) is 0 Å². The van der Waals surface area contributed by atoms with E-state index in [4.69, 9.17) is 4.74 Å². The number of ether oxygens (including phenoxy) is 1. The van der Waals surface area contributed by atoms with E-state index >= 15 is 0 Å². The van der Waals surface area contributed by atoms with Crippen molar-refractivity contribution >= 4 is 5.96 Å². The number of guanidine groups is 1. The van der Waals surface area contributed by atoms with Gasteiger partial charge in [0.2, 0.25) is 0 Å². The van der Waals surface area contributed by atoms with E-state index in [1.165, 1.54) is 43.2 Å². The minimum atomic E-state index is 0.252. The molecular weight excluding hydrogens is 324 g/mol. The topological polar surface area (TPSA) is 48.9 Å². The molecule has 1 aromatic rings. The van der Waals surface area contributed by atoms with Crippen LogP contribution in [0.3, 0.4) is 0 Å². The highest BCUT2D eigenvalue weighted by atomic mass is 16.5. The lowest BCUT2D eigenvalue weighted by molar-refractivity contribution is -0.0352. The summed E-state index contributed by atoms with van der Waals surface area (Å²) in [6, 6.07) is 8.51. The molecule has 5 heteroatoms. The van der Waals surface area contributed by atoms with Gasteiger partial charge in [0, 0.05) is 38.8 Å². The zero-order chi connectivity index (χ0) is 18.2. The number of aryl methyl sites for hydroxylation is 1. The van der Waals surface area contributed by atoms with Crippen LogP contribution < -0.4 is 10.6 Å². The Balaban J connectivity index is 1.58. The summed E-state index contributed by atoms with van der Waals surface area (Å²) in [5, 5.41) is 7.11. The average Bonchev–Trinajstić information content (AvgIpc) is 2.71. The van der Waals surface area contributed by atoms with Crippen molar-refractivity contribution in [3.8, 4) is 0 Å². The minimum Gasteiger partial charge on any atom is -0.379 e. The molecule has 0 spiro atoms. The molecule has 0 unspecified atom stereocenters. The zero-order valence-electron chi connectivity index (χ0n) is 16.4. The summed E-state index contributed by atoms with van der Waals surface area (Å²) in [6.45, 7) is 7.75. The first-order valence-corrected chi connectivity index (χ1v) is 10.1. The monoisotopic (exact) mass is 358 g/mol. The number of nitrogens with one attached hydrogen (secondary N) is 2. The van der Waals surface area contributed by atoms with Crippen LogP contribution in [0, 0.1) is 6.92 Å². The van der Waals surface area contributed by atoms with Gasteiger partial charge in [0.1, 0.15) is 0 Å². The number of rotatable bonds is 5. The molecule has 1 aliphatic carbocycles. The molecule has 0 atom stereocenters. The summed E-state index contributed by atoms with van der Waals surface area (Å²) in [5.41, 5.74) is 2.88. The van der Waals surface area contributed by atoms with Crippen molar-refractivity contribution in [2.24, 2.45) is 4.99 Å². The molecule has 144 valence electrons. The van der Waals surface area contributed by atoms with Gasteiger partial charge in [0.15, 0.2) is 5.96 Å². The van der Waals surface area contributed by atoms with Crippen molar-refractivity contribution in [1.82, 2.24) is 15.5 Å². The van der Waals surface area contributed by atoms with E-state index in [1.54, 1.807) is 0 Å². The molecule has 2 aliphatic rings. The molecule has 1 aromatic carbocycles. The number of benzene rings is 1. The quantitative estimate of drug-likeness (QED) is 0.628. The van der Waals surface area contributed by atoms with Gasteiger partial charge in [-0.25, -0.2) is 0 Å². The van der Waals surface area contributed by atoms with Gasteiger partial charge in [-0.2, -0.15) is 0 Å². The molecule has 5 nitrogen and oxygen atoms in total. The van der Waals surface area contributed by atoms with Gasteiger partial charge < -0.3 is 15.4 Å². The highest BCUT2D eigenvalue weighted by Gasteiger charge is 2.38. The lowest BCUT2D eigenvalue weighted by Crippen LogP contribution is -2.60. The molecule has 2 N–H and O–H groups in total. The third kappa shape index (κ3) is 4.77. The molecule has 0 amide bonds. The fourth-order valence-corrected chi connectivity index (χ4v) is 4.31. The fraction of sp³-hybridized carbons (Fsp3) is 0.667. The van der Waals surface area contributed by atoms with E-state index in [2.05, 4.69) is 51.7 Å². The second kappa shape index (κ2) is 9.38. The molecule has 1 saturated carbocycles. The van der Waals surface area contributed by atoms with Gasteiger partial charge in [0.05, 0.1) is 13.2 Å². The Bertz CT molecular complexity index is 589. The van der Waals surface area contributed by atoms with Crippen LogP contribution in [0.4, 0.5) is 0 Å². The number of nitrogens with zero attached hydrogens (tertiary/aromatic N) is 2. The highest BCUT2D eigenvalue weighted by molar-refractivity contribution is 5.79. The van der Waals surface area contributed by atoms with Crippen molar-refractivity contribution in [2.75, 3.05) is 39.9 Å². The molecule has 0 aromatic heterocycles. The molecular formula is C21H34N4O. The normalized spacial score (nSPS) is 21.4. The highest BCUT2D eigenvalue weighted by Crippen LogP contribution is 2.33. The van der Waals surface area contributed by atoms with Gasteiger partial charge in [-0.3, -0.25) is 9.89 Å². The van der Waals surface area contributed by atoms with Crippen molar-refractivity contribution in [3.05, 3.63) is 35.4 Å².